The molecule has 0 atom stereocenters. The van der Waals surface area contributed by atoms with E-state index < -0.39 is 11.7 Å². The van der Waals surface area contributed by atoms with Crippen molar-refractivity contribution in [2.75, 3.05) is 19.1 Å². The Labute approximate surface area is 140 Å². The number of benzene rings is 1. The SMILES string of the molecule is COc1ccc(N(C)c2nc(C)nc3ccsc23)cc1C(F)(F)F. The number of hydrogen-bond acceptors (Lipinski definition) is 5. The number of rotatable bonds is 3. The summed E-state index contributed by atoms with van der Waals surface area (Å²) in [5.41, 5.74) is 0.331. The van der Waals surface area contributed by atoms with Crippen molar-refractivity contribution in [1.29, 1.82) is 0 Å². The molecule has 0 saturated carbocycles. The molecule has 0 aliphatic rings. The fourth-order valence-electron chi connectivity index (χ4n) is 2.44. The van der Waals surface area contributed by atoms with Crippen molar-refractivity contribution in [1.82, 2.24) is 9.97 Å². The second-order valence-corrected chi connectivity index (χ2v) is 6.09. The Hall–Kier alpha value is -2.35. The summed E-state index contributed by atoms with van der Waals surface area (Å²) in [5.74, 6) is 0.929. The Morgan fingerprint density at radius 2 is 1.92 bits per heavy atom. The van der Waals surface area contributed by atoms with Crippen LogP contribution in [0.25, 0.3) is 10.2 Å². The molecule has 0 amide bonds. The van der Waals surface area contributed by atoms with Gasteiger partial charge in [0.25, 0.3) is 0 Å². The summed E-state index contributed by atoms with van der Waals surface area (Å²) in [7, 11) is 2.90. The third kappa shape index (κ3) is 2.89. The minimum Gasteiger partial charge on any atom is -0.496 e. The Morgan fingerprint density at radius 1 is 1.17 bits per heavy atom. The van der Waals surface area contributed by atoms with Crippen molar-refractivity contribution in [3.05, 3.63) is 41.0 Å². The third-order valence-corrected chi connectivity index (χ3v) is 4.49. The lowest BCUT2D eigenvalue weighted by Gasteiger charge is -2.21. The normalized spacial score (nSPS) is 11.8. The lowest BCUT2D eigenvalue weighted by atomic mass is 10.1. The summed E-state index contributed by atoms with van der Waals surface area (Å²) in [6, 6.07) is 5.82. The number of thiophene rings is 1. The van der Waals surface area contributed by atoms with Crippen molar-refractivity contribution in [3.63, 3.8) is 0 Å². The van der Waals surface area contributed by atoms with Gasteiger partial charge in [-0.05, 0) is 36.6 Å². The van der Waals surface area contributed by atoms with Gasteiger partial charge < -0.3 is 9.64 Å². The number of aromatic nitrogens is 2. The zero-order valence-electron chi connectivity index (χ0n) is 13.2. The van der Waals surface area contributed by atoms with Crippen molar-refractivity contribution < 1.29 is 17.9 Å². The highest BCUT2D eigenvalue weighted by Gasteiger charge is 2.35. The van der Waals surface area contributed by atoms with E-state index in [-0.39, 0.29) is 5.75 Å². The minimum atomic E-state index is -4.50. The van der Waals surface area contributed by atoms with Crippen LogP contribution >= 0.6 is 11.3 Å². The quantitative estimate of drug-likeness (QED) is 0.678. The molecule has 126 valence electrons. The van der Waals surface area contributed by atoms with Crippen LogP contribution in [0.15, 0.2) is 29.6 Å². The lowest BCUT2D eigenvalue weighted by molar-refractivity contribution is -0.138. The summed E-state index contributed by atoms with van der Waals surface area (Å²) >= 11 is 1.45. The molecular weight excluding hydrogens is 339 g/mol. The van der Waals surface area contributed by atoms with Crippen LogP contribution in [0.5, 0.6) is 5.75 Å². The van der Waals surface area contributed by atoms with Crippen LogP contribution in [-0.4, -0.2) is 24.1 Å². The van der Waals surface area contributed by atoms with E-state index in [1.807, 2.05) is 11.4 Å². The highest BCUT2D eigenvalue weighted by molar-refractivity contribution is 7.17. The lowest BCUT2D eigenvalue weighted by Crippen LogP contribution is -2.15. The van der Waals surface area contributed by atoms with Gasteiger partial charge in [0.05, 0.1) is 22.9 Å². The largest absolute Gasteiger partial charge is 0.496 e. The Morgan fingerprint density at radius 3 is 2.58 bits per heavy atom. The Kier molecular flexibility index (Phi) is 4.08. The molecule has 0 fully saturated rings. The van der Waals surface area contributed by atoms with E-state index in [9.17, 15) is 13.2 Å². The zero-order chi connectivity index (χ0) is 17.5. The van der Waals surface area contributed by atoms with Gasteiger partial charge in [0.1, 0.15) is 11.6 Å². The maximum absolute atomic E-state index is 13.2. The summed E-state index contributed by atoms with van der Waals surface area (Å²) in [5, 5.41) is 1.88. The Bertz CT molecular complexity index is 892. The standard InChI is InChI=1S/C16H14F3N3OS/c1-9-20-12-6-7-24-14(12)15(21-9)22(2)10-4-5-13(23-3)11(8-10)16(17,18)19/h4-8H,1-3H3. The van der Waals surface area contributed by atoms with Gasteiger partial charge in [-0.1, -0.05) is 0 Å². The molecule has 4 nitrogen and oxygen atoms in total. The fourth-order valence-corrected chi connectivity index (χ4v) is 3.29. The maximum atomic E-state index is 13.2. The molecule has 8 heteroatoms. The van der Waals surface area contributed by atoms with Gasteiger partial charge in [0.15, 0.2) is 5.82 Å². The number of halogens is 3. The summed E-state index contributed by atoms with van der Waals surface area (Å²) in [4.78, 5) is 10.4. The first-order valence-corrected chi connectivity index (χ1v) is 7.90. The van der Waals surface area contributed by atoms with Crippen molar-refractivity contribution >= 4 is 33.1 Å². The number of fused-ring (bicyclic) bond motifs is 1. The summed E-state index contributed by atoms with van der Waals surface area (Å²) in [6.45, 7) is 1.75. The molecule has 1 aromatic carbocycles. The average molecular weight is 353 g/mol. The topological polar surface area (TPSA) is 38.2 Å². The van der Waals surface area contributed by atoms with Crippen molar-refractivity contribution in [2.24, 2.45) is 0 Å². The number of ether oxygens (including phenoxy) is 1. The molecule has 0 unspecified atom stereocenters. The monoisotopic (exact) mass is 353 g/mol. The molecule has 0 spiro atoms. The van der Waals surface area contributed by atoms with E-state index >= 15 is 0 Å². The van der Waals surface area contributed by atoms with Gasteiger partial charge in [-0.25, -0.2) is 9.97 Å². The van der Waals surface area contributed by atoms with E-state index in [1.54, 1.807) is 24.9 Å². The molecular formula is C16H14F3N3OS. The molecule has 0 N–H and O–H groups in total. The summed E-state index contributed by atoms with van der Waals surface area (Å²) < 4.78 is 45.3. The molecule has 3 aromatic rings. The van der Waals surface area contributed by atoms with Crippen molar-refractivity contribution in [3.8, 4) is 5.75 Å². The van der Waals surface area contributed by atoms with Crippen LogP contribution in [0, 0.1) is 6.92 Å². The van der Waals surface area contributed by atoms with Crippen LogP contribution in [0.2, 0.25) is 0 Å². The van der Waals surface area contributed by atoms with Gasteiger partial charge >= 0.3 is 6.18 Å². The molecule has 0 aliphatic heterocycles. The molecule has 0 bridgehead atoms. The summed E-state index contributed by atoms with van der Waals surface area (Å²) in [6.07, 6.45) is -4.50. The highest BCUT2D eigenvalue weighted by atomic mass is 32.1. The van der Waals surface area contributed by atoms with Gasteiger partial charge in [-0.3, -0.25) is 0 Å². The van der Waals surface area contributed by atoms with Crippen LogP contribution in [0.1, 0.15) is 11.4 Å². The average Bonchev–Trinajstić information content (AvgIpc) is 3.00. The van der Waals surface area contributed by atoms with Gasteiger partial charge in [-0.15, -0.1) is 11.3 Å². The highest BCUT2D eigenvalue weighted by Crippen LogP contribution is 2.40. The number of hydrogen-bond donors (Lipinski definition) is 0. The molecule has 3 rings (SSSR count). The van der Waals surface area contributed by atoms with E-state index in [1.165, 1.54) is 24.5 Å². The van der Waals surface area contributed by atoms with E-state index in [0.29, 0.717) is 17.3 Å². The first-order valence-electron chi connectivity index (χ1n) is 7.02. The first-order chi connectivity index (χ1) is 11.3. The molecule has 24 heavy (non-hydrogen) atoms. The van der Waals surface area contributed by atoms with E-state index in [2.05, 4.69) is 9.97 Å². The predicted molar refractivity (Wildman–Crippen MR) is 88.2 cm³/mol. The molecule has 2 aromatic heterocycles. The van der Waals surface area contributed by atoms with E-state index in [0.717, 1.165) is 16.3 Å². The number of methoxy groups -OCH3 is 1. The molecule has 0 saturated heterocycles. The van der Waals surface area contributed by atoms with Crippen LogP contribution < -0.4 is 9.64 Å². The Balaban J connectivity index is 2.13. The number of anilines is 2. The van der Waals surface area contributed by atoms with Crippen LogP contribution in [0.4, 0.5) is 24.7 Å². The zero-order valence-corrected chi connectivity index (χ0v) is 14.0. The molecule has 0 aliphatic carbocycles. The number of nitrogens with zero attached hydrogens (tertiary/aromatic N) is 3. The second kappa shape index (κ2) is 5.94. The van der Waals surface area contributed by atoms with Crippen LogP contribution in [-0.2, 0) is 6.18 Å². The van der Waals surface area contributed by atoms with Gasteiger partial charge in [-0.2, -0.15) is 13.2 Å². The first kappa shape index (κ1) is 16.5. The number of alkyl halides is 3. The van der Waals surface area contributed by atoms with Gasteiger partial charge in [0, 0.05) is 12.7 Å². The third-order valence-electron chi connectivity index (χ3n) is 3.59. The van der Waals surface area contributed by atoms with Crippen molar-refractivity contribution in [2.45, 2.75) is 13.1 Å². The predicted octanol–water partition coefficient (Wildman–Crippen LogP) is 4.80. The molecule has 0 radical (unpaired) electrons. The second-order valence-electron chi connectivity index (χ2n) is 5.17. The van der Waals surface area contributed by atoms with E-state index in [4.69, 9.17) is 4.74 Å². The fraction of sp³-hybridized carbons (Fsp3) is 0.250. The molecule has 2 heterocycles. The smallest absolute Gasteiger partial charge is 0.420 e. The maximum Gasteiger partial charge on any atom is 0.420 e. The minimum absolute atomic E-state index is 0.209. The van der Waals surface area contributed by atoms with Crippen LogP contribution in [0.3, 0.4) is 0 Å². The number of aryl methyl sites for hydroxylation is 1. The van der Waals surface area contributed by atoms with Gasteiger partial charge in [0.2, 0.25) is 0 Å².